The molecule has 2 atom stereocenters. The minimum atomic E-state index is -0.693. The predicted octanol–water partition coefficient (Wildman–Crippen LogP) is 6.07. The molecule has 166 valence electrons. The van der Waals surface area contributed by atoms with Crippen molar-refractivity contribution in [3.05, 3.63) is 83.0 Å². The number of carbonyl (C=O) groups is 1. The fourth-order valence-electron chi connectivity index (χ4n) is 4.73. The summed E-state index contributed by atoms with van der Waals surface area (Å²) in [5, 5.41) is 9.52. The Balaban J connectivity index is 1.37. The molecule has 0 spiro atoms. The summed E-state index contributed by atoms with van der Waals surface area (Å²) in [6.45, 7) is 4.67. The third-order valence-electron chi connectivity index (χ3n) is 6.57. The van der Waals surface area contributed by atoms with Crippen LogP contribution in [0.25, 0.3) is 11.3 Å². The third-order valence-corrected chi connectivity index (χ3v) is 6.57. The predicted molar refractivity (Wildman–Crippen MR) is 127 cm³/mol. The van der Waals surface area contributed by atoms with Gasteiger partial charge in [-0.15, -0.1) is 0 Å². The molecule has 3 aromatic rings. The summed E-state index contributed by atoms with van der Waals surface area (Å²) in [5.74, 6) is -0.0415. The van der Waals surface area contributed by atoms with Crippen molar-refractivity contribution in [2.75, 3.05) is 6.61 Å². The van der Waals surface area contributed by atoms with Crippen LogP contribution in [0.5, 0.6) is 5.75 Å². The van der Waals surface area contributed by atoms with E-state index in [0.29, 0.717) is 13.0 Å². The number of nitrogens with zero attached hydrogens (tertiary/aromatic N) is 1. The molecule has 4 heteroatoms. The second-order valence-corrected chi connectivity index (χ2v) is 8.52. The number of hydrogen-bond acceptors (Lipinski definition) is 3. The first-order valence-corrected chi connectivity index (χ1v) is 11.6. The van der Waals surface area contributed by atoms with Gasteiger partial charge in [-0.25, -0.2) is 0 Å². The van der Waals surface area contributed by atoms with Gasteiger partial charge in [0.1, 0.15) is 5.75 Å². The lowest BCUT2D eigenvalue weighted by molar-refractivity contribution is -0.142. The Labute approximate surface area is 190 Å². The van der Waals surface area contributed by atoms with Crippen molar-refractivity contribution in [1.82, 2.24) is 4.98 Å². The molecule has 0 amide bonds. The zero-order chi connectivity index (χ0) is 22.5. The molecule has 0 fully saturated rings. The number of pyridine rings is 1. The lowest BCUT2D eigenvalue weighted by Crippen LogP contribution is -2.19. The molecule has 0 aliphatic heterocycles. The van der Waals surface area contributed by atoms with E-state index in [2.05, 4.69) is 43.3 Å². The van der Waals surface area contributed by atoms with Gasteiger partial charge in [-0.1, -0.05) is 50.2 Å². The van der Waals surface area contributed by atoms with Crippen LogP contribution in [0.2, 0.25) is 0 Å². The maximum Gasteiger partial charge on any atom is 0.307 e. The second-order valence-electron chi connectivity index (χ2n) is 8.52. The number of aromatic nitrogens is 1. The van der Waals surface area contributed by atoms with Gasteiger partial charge >= 0.3 is 5.97 Å². The third kappa shape index (κ3) is 4.85. The fourth-order valence-corrected chi connectivity index (χ4v) is 4.73. The summed E-state index contributed by atoms with van der Waals surface area (Å²) < 4.78 is 6.02. The van der Waals surface area contributed by atoms with Gasteiger partial charge in [0.05, 0.1) is 18.2 Å². The number of ether oxygens (including phenoxy) is 1. The highest BCUT2D eigenvalue weighted by molar-refractivity contribution is 5.72. The van der Waals surface area contributed by atoms with Gasteiger partial charge < -0.3 is 9.84 Å². The van der Waals surface area contributed by atoms with E-state index in [-0.39, 0.29) is 11.8 Å². The van der Waals surface area contributed by atoms with Crippen molar-refractivity contribution in [1.29, 1.82) is 0 Å². The Morgan fingerprint density at radius 3 is 2.66 bits per heavy atom. The number of carboxylic acids is 1. The van der Waals surface area contributed by atoms with E-state index in [1.807, 2.05) is 31.2 Å². The van der Waals surface area contributed by atoms with Gasteiger partial charge in [-0.05, 0) is 72.6 Å². The Morgan fingerprint density at radius 1 is 1.12 bits per heavy atom. The van der Waals surface area contributed by atoms with E-state index >= 15 is 0 Å². The number of rotatable bonds is 9. The average Bonchev–Trinajstić information content (AvgIpc) is 3.22. The van der Waals surface area contributed by atoms with Crippen molar-refractivity contribution >= 4 is 5.97 Å². The quantitative estimate of drug-likeness (QED) is 0.448. The fraction of sp³-hybridized carbons (Fsp3) is 0.357. The minimum Gasteiger partial charge on any atom is -0.493 e. The molecule has 2 aromatic carbocycles. The summed E-state index contributed by atoms with van der Waals surface area (Å²) in [6.07, 6.45) is 4.25. The average molecular weight is 430 g/mol. The number of hydrogen-bond donors (Lipinski definition) is 1. The summed E-state index contributed by atoms with van der Waals surface area (Å²) >= 11 is 0. The van der Waals surface area contributed by atoms with Crippen LogP contribution in [-0.2, 0) is 24.1 Å². The van der Waals surface area contributed by atoms with Crippen LogP contribution in [0.15, 0.2) is 60.7 Å². The van der Waals surface area contributed by atoms with Crippen LogP contribution >= 0.6 is 0 Å². The van der Waals surface area contributed by atoms with Crippen molar-refractivity contribution < 1.29 is 14.6 Å². The maximum atomic E-state index is 11.6. The van der Waals surface area contributed by atoms with Crippen molar-refractivity contribution in [2.24, 2.45) is 5.92 Å². The number of aryl methyl sites for hydroxylation is 2. The van der Waals surface area contributed by atoms with Gasteiger partial charge in [0, 0.05) is 17.7 Å². The Bertz CT molecular complexity index is 1070. The highest BCUT2D eigenvalue weighted by Crippen LogP contribution is 2.41. The molecule has 32 heavy (non-hydrogen) atoms. The Hall–Kier alpha value is -3.14. The van der Waals surface area contributed by atoms with E-state index in [0.717, 1.165) is 48.4 Å². The lowest BCUT2D eigenvalue weighted by Gasteiger charge is -2.19. The highest BCUT2D eigenvalue weighted by atomic mass is 16.5. The molecule has 0 radical (unpaired) electrons. The molecule has 1 aliphatic carbocycles. The number of fused-ring (bicyclic) bond motifs is 1. The molecule has 1 heterocycles. The number of aliphatic carboxylic acids is 1. The van der Waals surface area contributed by atoms with Crippen LogP contribution in [-0.4, -0.2) is 22.7 Å². The van der Waals surface area contributed by atoms with E-state index in [9.17, 15) is 9.90 Å². The molecule has 4 nitrogen and oxygen atoms in total. The van der Waals surface area contributed by atoms with E-state index in [1.54, 1.807) is 0 Å². The van der Waals surface area contributed by atoms with Crippen molar-refractivity contribution in [3.8, 4) is 17.0 Å². The van der Waals surface area contributed by atoms with Crippen LogP contribution in [0.4, 0.5) is 0 Å². The zero-order valence-corrected chi connectivity index (χ0v) is 18.9. The largest absolute Gasteiger partial charge is 0.493 e. The second kappa shape index (κ2) is 9.99. The molecule has 1 N–H and O–H groups in total. The van der Waals surface area contributed by atoms with Gasteiger partial charge in [0.2, 0.25) is 0 Å². The molecule has 0 unspecified atom stereocenters. The lowest BCUT2D eigenvalue weighted by atomic mass is 9.85. The van der Waals surface area contributed by atoms with Gasteiger partial charge in [0.25, 0.3) is 0 Å². The van der Waals surface area contributed by atoms with Crippen LogP contribution in [0.1, 0.15) is 55.0 Å². The minimum absolute atomic E-state index is 0.111. The summed E-state index contributed by atoms with van der Waals surface area (Å²) in [7, 11) is 0. The Morgan fingerprint density at radius 2 is 1.94 bits per heavy atom. The maximum absolute atomic E-state index is 11.6. The summed E-state index contributed by atoms with van der Waals surface area (Å²) in [6, 6.07) is 20.8. The Kier molecular flexibility index (Phi) is 6.89. The van der Waals surface area contributed by atoms with Crippen molar-refractivity contribution in [2.45, 2.75) is 51.9 Å². The van der Waals surface area contributed by atoms with Gasteiger partial charge in [0.15, 0.2) is 0 Å². The molecule has 4 rings (SSSR count). The monoisotopic (exact) mass is 429 g/mol. The molecule has 0 bridgehead atoms. The smallest absolute Gasteiger partial charge is 0.307 e. The number of carboxylic acid groups (broad SMARTS) is 1. The SMILES string of the molecule is CCc1ccc(-c2cccc(CCOc3ccc4c(c3)CC[C@H]4[C@H](CC)C(=O)O)n2)cc1. The van der Waals surface area contributed by atoms with Crippen LogP contribution in [0.3, 0.4) is 0 Å². The van der Waals surface area contributed by atoms with Gasteiger partial charge in [-0.3, -0.25) is 9.78 Å². The standard InChI is InChI=1S/C28H31NO3/c1-3-19-8-10-20(11-9-19)27-7-5-6-22(29-27)16-17-32-23-13-15-25-21(18-23)12-14-26(25)24(4-2)28(30)31/h5-11,13,15,18,24,26H,3-4,12,14,16-17H2,1-2H3,(H,30,31)/t24-,26-/m0/s1. The normalized spacial score (nSPS) is 15.9. The first kappa shape index (κ1) is 22.1. The summed E-state index contributed by atoms with van der Waals surface area (Å²) in [5.41, 5.74) is 6.85. The zero-order valence-electron chi connectivity index (χ0n) is 18.9. The van der Waals surface area contributed by atoms with Gasteiger partial charge in [-0.2, -0.15) is 0 Å². The summed E-state index contributed by atoms with van der Waals surface area (Å²) in [4.78, 5) is 16.4. The first-order chi connectivity index (χ1) is 15.6. The topological polar surface area (TPSA) is 59.4 Å². The highest BCUT2D eigenvalue weighted by Gasteiger charge is 2.33. The van der Waals surface area contributed by atoms with E-state index in [1.165, 1.54) is 16.7 Å². The van der Waals surface area contributed by atoms with Crippen LogP contribution in [0, 0.1) is 5.92 Å². The van der Waals surface area contributed by atoms with Crippen molar-refractivity contribution in [3.63, 3.8) is 0 Å². The molecule has 1 aromatic heterocycles. The molecular formula is C28H31NO3. The van der Waals surface area contributed by atoms with E-state index < -0.39 is 5.97 Å². The molecule has 0 saturated carbocycles. The number of benzene rings is 2. The molecule has 1 aliphatic rings. The molecule has 0 saturated heterocycles. The van der Waals surface area contributed by atoms with Crippen LogP contribution < -0.4 is 4.74 Å². The first-order valence-electron chi connectivity index (χ1n) is 11.6. The van der Waals surface area contributed by atoms with E-state index in [4.69, 9.17) is 9.72 Å². The molecular weight excluding hydrogens is 398 g/mol.